The molecule has 1 fully saturated rings. The molecule has 1 atom stereocenters. The van der Waals surface area contributed by atoms with Gasteiger partial charge in [0, 0.05) is 30.7 Å². The predicted molar refractivity (Wildman–Crippen MR) is 91.5 cm³/mol. The zero-order valence-corrected chi connectivity index (χ0v) is 13.8. The Balaban J connectivity index is 1.67. The quantitative estimate of drug-likeness (QED) is 0.924. The molecule has 1 saturated heterocycles. The summed E-state index contributed by atoms with van der Waals surface area (Å²) in [6.45, 7) is 0.524. The van der Waals surface area contributed by atoms with Gasteiger partial charge in [0.1, 0.15) is 17.5 Å². The first kappa shape index (κ1) is 16.8. The first-order valence-corrected chi connectivity index (χ1v) is 8.01. The van der Waals surface area contributed by atoms with E-state index in [0.29, 0.717) is 30.2 Å². The lowest BCUT2D eigenvalue weighted by atomic mass is 10.2. The molecule has 25 heavy (non-hydrogen) atoms. The number of carbonyl (C=O) groups excluding carboxylic acids is 2. The summed E-state index contributed by atoms with van der Waals surface area (Å²) < 4.78 is 10.5. The number of benzene rings is 1. The van der Waals surface area contributed by atoms with E-state index in [4.69, 9.17) is 9.47 Å². The number of carbonyl (C=O) groups is 2. The van der Waals surface area contributed by atoms with E-state index >= 15 is 0 Å². The van der Waals surface area contributed by atoms with Gasteiger partial charge >= 0.3 is 6.09 Å². The van der Waals surface area contributed by atoms with Gasteiger partial charge in [0.15, 0.2) is 0 Å². The molecule has 1 aliphatic rings. The highest BCUT2D eigenvalue weighted by Crippen LogP contribution is 2.25. The van der Waals surface area contributed by atoms with E-state index in [1.54, 1.807) is 48.8 Å². The number of pyridine rings is 1. The topological polar surface area (TPSA) is 80.8 Å². The highest BCUT2D eigenvalue weighted by molar-refractivity contribution is 5.97. The minimum absolute atomic E-state index is 0.232. The third kappa shape index (κ3) is 4.06. The predicted octanol–water partition coefficient (Wildman–Crippen LogP) is 3.04. The monoisotopic (exact) mass is 341 g/mol. The molecule has 7 nitrogen and oxygen atoms in total. The Bertz CT molecular complexity index is 751. The van der Waals surface area contributed by atoms with Crippen LogP contribution in [-0.4, -0.2) is 41.6 Å². The van der Waals surface area contributed by atoms with Gasteiger partial charge in [-0.05, 0) is 37.1 Å². The number of anilines is 1. The molecular formula is C18H19N3O4. The third-order valence-corrected chi connectivity index (χ3v) is 3.95. The minimum atomic E-state index is -0.516. The van der Waals surface area contributed by atoms with Crippen molar-refractivity contribution in [1.82, 2.24) is 9.88 Å². The van der Waals surface area contributed by atoms with Crippen molar-refractivity contribution in [3.8, 4) is 11.5 Å². The molecule has 1 aromatic carbocycles. The average Bonchev–Trinajstić information content (AvgIpc) is 3.12. The zero-order chi connectivity index (χ0) is 17.6. The lowest BCUT2D eigenvalue weighted by Crippen LogP contribution is -2.43. The van der Waals surface area contributed by atoms with Crippen LogP contribution in [0.3, 0.4) is 0 Å². The number of nitrogens with zero attached hydrogens (tertiary/aromatic N) is 2. The number of nitrogens with one attached hydrogen (secondary N) is 1. The number of hydrogen-bond donors (Lipinski definition) is 1. The van der Waals surface area contributed by atoms with Gasteiger partial charge in [-0.25, -0.2) is 4.79 Å². The molecular weight excluding hydrogens is 322 g/mol. The van der Waals surface area contributed by atoms with Crippen LogP contribution in [0.1, 0.15) is 12.8 Å². The van der Waals surface area contributed by atoms with Gasteiger partial charge in [0.25, 0.3) is 0 Å². The average molecular weight is 341 g/mol. The van der Waals surface area contributed by atoms with Gasteiger partial charge in [-0.15, -0.1) is 0 Å². The van der Waals surface area contributed by atoms with E-state index in [9.17, 15) is 9.59 Å². The standard InChI is InChI=1S/C18H19N3O4/c1-24-18(23)21-11-3-6-16(21)17(22)20-13-4-2-5-15(12-13)25-14-7-9-19-10-8-14/h2,4-5,7-10,12,16H,3,6,11H2,1H3,(H,20,22)/t16-/m1/s1. The van der Waals surface area contributed by atoms with Gasteiger partial charge in [-0.2, -0.15) is 0 Å². The Hall–Kier alpha value is -3.09. The van der Waals surface area contributed by atoms with Crippen molar-refractivity contribution < 1.29 is 19.1 Å². The van der Waals surface area contributed by atoms with Crippen LogP contribution in [0.25, 0.3) is 0 Å². The van der Waals surface area contributed by atoms with Crippen molar-refractivity contribution in [2.45, 2.75) is 18.9 Å². The summed E-state index contributed by atoms with van der Waals surface area (Å²) in [5.74, 6) is 1.02. The highest BCUT2D eigenvalue weighted by atomic mass is 16.5. The second-order valence-corrected chi connectivity index (χ2v) is 5.62. The number of methoxy groups -OCH3 is 1. The fourth-order valence-electron chi connectivity index (χ4n) is 2.78. The summed E-state index contributed by atoms with van der Waals surface area (Å²) in [5, 5.41) is 2.84. The molecule has 7 heteroatoms. The molecule has 0 spiro atoms. The normalized spacial score (nSPS) is 16.4. The van der Waals surface area contributed by atoms with Crippen LogP contribution in [0.15, 0.2) is 48.8 Å². The fourth-order valence-corrected chi connectivity index (χ4v) is 2.78. The first-order chi connectivity index (χ1) is 12.2. The number of amides is 2. The Morgan fingerprint density at radius 1 is 1.20 bits per heavy atom. The largest absolute Gasteiger partial charge is 0.457 e. The van der Waals surface area contributed by atoms with Crippen LogP contribution >= 0.6 is 0 Å². The Labute approximate surface area is 145 Å². The Morgan fingerprint density at radius 2 is 2.00 bits per heavy atom. The number of aromatic nitrogens is 1. The molecule has 2 amide bonds. The summed E-state index contributed by atoms with van der Waals surface area (Å²) in [4.78, 5) is 29.6. The molecule has 0 aliphatic carbocycles. The van der Waals surface area contributed by atoms with Crippen LogP contribution in [0.4, 0.5) is 10.5 Å². The maximum atomic E-state index is 12.5. The minimum Gasteiger partial charge on any atom is -0.457 e. The van der Waals surface area contributed by atoms with Gasteiger partial charge < -0.3 is 14.8 Å². The number of ether oxygens (including phenoxy) is 2. The van der Waals surface area contributed by atoms with Crippen LogP contribution < -0.4 is 10.1 Å². The Kier molecular flexibility index (Phi) is 5.13. The molecule has 1 aliphatic heterocycles. The molecule has 3 rings (SSSR count). The van der Waals surface area contributed by atoms with Crippen LogP contribution in [0.5, 0.6) is 11.5 Å². The lowest BCUT2D eigenvalue weighted by molar-refractivity contribution is -0.119. The van der Waals surface area contributed by atoms with Gasteiger partial charge in [-0.1, -0.05) is 6.07 Å². The van der Waals surface area contributed by atoms with Crippen molar-refractivity contribution in [1.29, 1.82) is 0 Å². The molecule has 0 radical (unpaired) electrons. The second kappa shape index (κ2) is 7.65. The van der Waals surface area contributed by atoms with Crippen LogP contribution in [0, 0.1) is 0 Å². The highest BCUT2D eigenvalue weighted by Gasteiger charge is 2.34. The third-order valence-electron chi connectivity index (χ3n) is 3.95. The molecule has 1 aromatic heterocycles. The van der Waals surface area contributed by atoms with E-state index in [1.807, 2.05) is 0 Å². The SMILES string of the molecule is COC(=O)N1CCC[C@@H]1C(=O)Nc1cccc(Oc2ccncc2)c1. The lowest BCUT2D eigenvalue weighted by Gasteiger charge is -2.22. The molecule has 1 N–H and O–H groups in total. The molecule has 130 valence electrons. The van der Waals surface area contributed by atoms with Gasteiger partial charge in [0.2, 0.25) is 5.91 Å². The maximum Gasteiger partial charge on any atom is 0.410 e. The summed E-state index contributed by atoms with van der Waals surface area (Å²) in [6.07, 6.45) is 4.20. The molecule has 2 aromatic rings. The Morgan fingerprint density at radius 3 is 2.76 bits per heavy atom. The number of hydrogen-bond acceptors (Lipinski definition) is 5. The summed E-state index contributed by atoms with van der Waals surface area (Å²) in [6, 6.07) is 10.1. The van der Waals surface area contributed by atoms with Crippen molar-refractivity contribution in [2.75, 3.05) is 19.0 Å². The molecule has 0 saturated carbocycles. The molecule has 0 bridgehead atoms. The summed E-state index contributed by atoms with van der Waals surface area (Å²) >= 11 is 0. The van der Waals surface area contributed by atoms with Crippen LogP contribution in [-0.2, 0) is 9.53 Å². The summed E-state index contributed by atoms with van der Waals surface area (Å²) in [7, 11) is 1.32. The van der Waals surface area contributed by atoms with E-state index < -0.39 is 12.1 Å². The van der Waals surface area contributed by atoms with E-state index in [2.05, 4.69) is 10.3 Å². The van der Waals surface area contributed by atoms with Gasteiger partial charge in [0.05, 0.1) is 7.11 Å². The molecule has 0 unspecified atom stereocenters. The first-order valence-electron chi connectivity index (χ1n) is 8.01. The zero-order valence-electron chi connectivity index (χ0n) is 13.8. The smallest absolute Gasteiger partial charge is 0.410 e. The summed E-state index contributed by atoms with van der Waals surface area (Å²) in [5.41, 5.74) is 0.605. The van der Waals surface area contributed by atoms with E-state index in [1.165, 1.54) is 12.0 Å². The number of rotatable bonds is 4. The second-order valence-electron chi connectivity index (χ2n) is 5.62. The maximum absolute atomic E-state index is 12.5. The van der Waals surface area contributed by atoms with Crippen molar-refractivity contribution in [2.24, 2.45) is 0 Å². The molecule has 2 heterocycles. The van der Waals surface area contributed by atoms with Crippen molar-refractivity contribution >= 4 is 17.7 Å². The van der Waals surface area contributed by atoms with Crippen molar-refractivity contribution in [3.63, 3.8) is 0 Å². The van der Waals surface area contributed by atoms with Crippen LogP contribution in [0.2, 0.25) is 0 Å². The van der Waals surface area contributed by atoms with Gasteiger partial charge in [-0.3, -0.25) is 14.7 Å². The van der Waals surface area contributed by atoms with E-state index in [-0.39, 0.29) is 5.91 Å². The van der Waals surface area contributed by atoms with E-state index in [0.717, 1.165) is 6.42 Å². The number of likely N-dealkylation sites (tertiary alicyclic amines) is 1. The van der Waals surface area contributed by atoms with Crippen molar-refractivity contribution in [3.05, 3.63) is 48.8 Å². The fraction of sp³-hybridized carbons (Fsp3) is 0.278.